The Morgan fingerprint density at radius 3 is 2.31 bits per heavy atom. The van der Waals surface area contributed by atoms with Gasteiger partial charge in [0.25, 0.3) is 0 Å². The lowest BCUT2D eigenvalue weighted by molar-refractivity contribution is 0.0698. The number of nitrogen functional groups attached to an aromatic ring is 1. The van der Waals surface area contributed by atoms with E-state index in [2.05, 4.69) is 19.9 Å². The number of aromatic nitrogens is 3. The molecule has 9 heteroatoms. The molecule has 0 atom stereocenters. The summed E-state index contributed by atoms with van der Waals surface area (Å²) in [6.07, 6.45) is 1.73. The van der Waals surface area contributed by atoms with Crippen LogP contribution in [0.1, 0.15) is 10.4 Å². The van der Waals surface area contributed by atoms with Crippen LogP contribution in [0.4, 0.5) is 21.7 Å². The van der Waals surface area contributed by atoms with Crippen LogP contribution in [-0.4, -0.2) is 51.9 Å². The van der Waals surface area contributed by atoms with E-state index in [1.165, 1.54) is 16.6 Å². The fourth-order valence-corrected chi connectivity index (χ4v) is 3.19. The molecule has 3 aromatic rings. The van der Waals surface area contributed by atoms with E-state index in [1.54, 1.807) is 24.4 Å². The molecule has 0 unspecified atom stereocenters. The minimum atomic E-state index is -1.07. The SMILES string of the molecule is Nc1nc2c(C(=O)O)cc(N3CCN(c4ccc(F)cc4)CC3)cn2n1. The number of carbonyl (C=O) groups is 1. The third-order valence-corrected chi connectivity index (χ3v) is 4.50. The number of nitrogens with two attached hydrogens (primary N) is 1. The number of hydrogen-bond donors (Lipinski definition) is 2. The lowest BCUT2D eigenvalue weighted by atomic mass is 10.2. The maximum Gasteiger partial charge on any atom is 0.339 e. The maximum atomic E-state index is 13.1. The van der Waals surface area contributed by atoms with E-state index in [-0.39, 0.29) is 23.0 Å². The van der Waals surface area contributed by atoms with Gasteiger partial charge in [0.2, 0.25) is 5.95 Å². The molecule has 0 amide bonds. The highest BCUT2D eigenvalue weighted by atomic mass is 19.1. The average Bonchev–Trinajstić information content (AvgIpc) is 3.01. The summed E-state index contributed by atoms with van der Waals surface area (Å²) in [5.74, 6) is -1.30. The number of benzene rings is 1. The van der Waals surface area contributed by atoms with Crippen molar-refractivity contribution in [3.63, 3.8) is 0 Å². The van der Waals surface area contributed by atoms with Crippen LogP contribution in [0.3, 0.4) is 0 Å². The Hall–Kier alpha value is -3.36. The molecule has 1 fully saturated rings. The molecule has 1 aliphatic rings. The molecule has 26 heavy (non-hydrogen) atoms. The molecular weight excluding hydrogens is 339 g/mol. The number of halogens is 1. The molecule has 0 saturated carbocycles. The maximum absolute atomic E-state index is 13.1. The Bertz CT molecular complexity index is 963. The van der Waals surface area contributed by atoms with Gasteiger partial charge in [-0.25, -0.2) is 13.7 Å². The number of nitrogens with zero attached hydrogens (tertiary/aromatic N) is 5. The Labute approximate surface area is 148 Å². The van der Waals surface area contributed by atoms with Gasteiger partial charge in [-0.05, 0) is 30.3 Å². The predicted molar refractivity (Wildman–Crippen MR) is 95.2 cm³/mol. The van der Waals surface area contributed by atoms with Crippen LogP contribution in [0.25, 0.3) is 5.65 Å². The molecule has 2 aromatic heterocycles. The van der Waals surface area contributed by atoms with Crippen molar-refractivity contribution in [1.29, 1.82) is 0 Å². The lowest BCUT2D eigenvalue weighted by Gasteiger charge is -2.37. The van der Waals surface area contributed by atoms with Crippen LogP contribution in [0, 0.1) is 5.82 Å². The number of aromatic carboxylic acids is 1. The summed E-state index contributed by atoms with van der Waals surface area (Å²) >= 11 is 0. The molecule has 3 heterocycles. The normalized spacial score (nSPS) is 14.8. The van der Waals surface area contributed by atoms with Crippen molar-refractivity contribution in [2.75, 3.05) is 41.7 Å². The second-order valence-corrected chi connectivity index (χ2v) is 6.11. The van der Waals surface area contributed by atoms with Crippen molar-refractivity contribution in [2.45, 2.75) is 0 Å². The summed E-state index contributed by atoms with van der Waals surface area (Å²) in [6.45, 7) is 2.88. The molecule has 0 aliphatic carbocycles. The summed E-state index contributed by atoms with van der Waals surface area (Å²) in [5.41, 5.74) is 7.60. The zero-order chi connectivity index (χ0) is 18.3. The van der Waals surface area contributed by atoms with E-state index in [0.717, 1.165) is 24.5 Å². The van der Waals surface area contributed by atoms with Crippen molar-refractivity contribution in [3.05, 3.63) is 47.9 Å². The molecule has 8 nitrogen and oxygen atoms in total. The number of rotatable bonds is 3. The third-order valence-electron chi connectivity index (χ3n) is 4.50. The van der Waals surface area contributed by atoms with E-state index in [1.807, 2.05) is 0 Å². The van der Waals surface area contributed by atoms with Gasteiger partial charge in [0.15, 0.2) is 5.65 Å². The highest BCUT2D eigenvalue weighted by Crippen LogP contribution is 2.23. The van der Waals surface area contributed by atoms with E-state index in [4.69, 9.17) is 5.73 Å². The molecule has 0 bridgehead atoms. The fraction of sp³-hybridized carbons (Fsp3) is 0.235. The first-order valence-electron chi connectivity index (χ1n) is 8.16. The highest BCUT2D eigenvalue weighted by Gasteiger charge is 2.21. The van der Waals surface area contributed by atoms with Crippen LogP contribution in [-0.2, 0) is 0 Å². The van der Waals surface area contributed by atoms with Crippen LogP contribution in [0.2, 0.25) is 0 Å². The van der Waals surface area contributed by atoms with E-state index in [9.17, 15) is 14.3 Å². The number of anilines is 3. The summed E-state index contributed by atoms with van der Waals surface area (Å²) in [4.78, 5) is 19.8. The van der Waals surface area contributed by atoms with Crippen molar-refractivity contribution >= 4 is 28.9 Å². The van der Waals surface area contributed by atoms with Crippen LogP contribution < -0.4 is 15.5 Å². The Balaban J connectivity index is 1.57. The predicted octanol–water partition coefficient (Wildman–Crippen LogP) is 1.48. The first-order chi connectivity index (χ1) is 12.5. The van der Waals surface area contributed by atoms with Gasteiger partial charge in [0, 0.05) is 31.9 Å². The lowest BCUT2D eigenvalue weighted by Crippen LogP contribution is -2.46. The summed E-state index contributed by atoms with van der Waals surface area (Å²) < 4.78 is 14.5. The molecule has 4 rings (SSSR count). The van der Waals surface area contributed by atoms with Crippen molar-refractivity contribution in [1.82, 2.24) is 14.6 Å². The van der Waals surface area contributed by atoms with Crippen LogP contribution >= 0.6 is 0 Å². The molecule has 1 aliphatic heterocycles. The average molecular weight is 356 g/mol. The van der Waals surface area contributed by atoms with Gasteiger partial charge in [-0.3, -0.25) is 0 Å². The quantitative estimate of drug-likeness (QED) is 0.733. The number of fused-ring (bicyclic) bond motifs is 1. The zero-order valence-corrected chi connectivity index (χ0v) is 13.8. The van der Waals surface area contributed by atoms with Gasteiger partial charge >= 0.3 is 5.97 Å². The smallest absolute Gasteiger partial charge is 0.339 e. The Morgan fingerprint density at radius 1 is 1.08 bits per heavy atom. The van der Waals surface area contributed by atoms with Crippen molar-refractivity contribution < 1.29 is 14.3 Å². The minimum absolute atomic E-state index is 0.0331. The molecule has 1 aromatic carbocycles. The number of piperazine rings is 1. The van der Waals surface area contributed by atoms with Gasteiger partial charge in [0.1, 0.15) is 11.4 Å². The second-order valence-electron chi connectivity index (χ2n) is 6.11. The molecular formula is C17H17FN6O2. The summed E-state index contributed by atoms with van der Waals surface area (Å²) in [7, 11) is 0. The van der Waals surface area contributed by atoms with Gasteiger partial charge < -0.3 is 20.6 Å². The monoisotopic (exact) mass is 356 g/mol. The van der Waals surface area contributed by atoms with Crippen molar-refractivity contribution in [2.24, 2.45) is 0 Å². The number of carboxylic acid groups (broad SMARTS) is 1. The fourth-order valence-electron chi connectivity index (χ4n) is 3.19. The Kier molecular flexibility index (Phi) is 3.83. The third kappa shape index (κ3) is 2.87. The minimum Gasteiger partial charge on any atom is -0.478 e. The van der Waals surface area contributed by atoms with Gasteiger partial charge in [-0.1, -0.05) is 0 Å². The topological polar surface area (TPSA) is 100.0 Å². The number of hydrogen-bond acceptors (Lipinski definition) is 6. The largest absolute Gasteiger partial charge is 0.478 e. The van der Waals surface area contributed by atoms with Crippen LogP contribution in [0.15, 0.2) is 36.5 Å². The van der Waals surface area contributed by atoms with E-state index < -0.39 is 5.97 Å². The summed E-state index contributed by atoms with van der Waals surface area (Å²) in [6, 6.07) is 8.02. The second kappa shape index (κ2) is 6.17. The first-order valence-corrected chi connectivity index (χ1v) is 8.16. The van der Waals surface area contributed by atoms with Gasteiger partial charge in [-0.2, -0.15) is 4.98 Å². The van der Waals surface area contributed by atoms with Gasteiger partial charge in [-0.15, -0.1) is 5.10 Å². The molecule has 1 saturated heterocycles. The van der Waals surface area contributed by atoms with E-state index in [0.29, 0.717) is 13.1 Å². The molecule has 0 spiro atoms. The van der Waals surface area contributed by atoms with Crippen molar-refractivity contribution in [3.8, 4) is 0 Å². The van der Waals surface area contributed by atoms with Crippen LogP contribution in [0.5, 0.6) is 0 Å². The Morgan fingerprint density at radius 2 is 1.69 bits per heavy atom. The molecule has 134 valence electrons. The highest BCUT2D eigenvalue weighted by molar-refractivity contribution is 5.95. The molecule has 3 N–H and O–H groups in total. The standard InChI is InChI=1S/C17H17FN6O2/c18-11-1-3-12(4-2-11)22-5-7-23(8-6-22)13-9-14(16(25)26)15-20-17(19)21-24(15)10-13/h1-4,9-10H,5-8H2,(H2,19,21)(H,25,26). The first kappa shape index (κ1) is 16.1. The molecule has 0 radical (unpaired) electrons. The number of carboxylic acids is 1. The van der Waals surface area contributed by atoms with E-state index >= 15 is 0 Å². The van der Waals surface area contributed by atoms with Gasteiger partial charge in [0.05, 0.1) is 11.9 Å². The summed E-state index contributed by atoms with van der Waals surface area (Å²) in [5, 5.41) is 13.5. The number of pyridine rings is 1. The zero-order valence-electron chi connectivity index (χ0n) is 13.8.